The van der Waals surface area contributed by atoms with Crippen molar-refractivity contribution in [1.29, 1.82) is 0 Å². The Balaban J connectivity index is 2.03. The molecule has 2 aromatic heterocycles. The van der Waals surface area contributed by atoms with E-state index in [1.54, 1.807) is 12.3 Å². The van der Waals surface area contributed by atoms with Crippen LogP contribution in [0.3, 0.4) is 0 Å². The largest absolute Gasteiger partial charge is 0.257 e. The summed E-state index contributed by atoms with van der Waals surface area (Å²) in [5, 5.41) is 7.12. The standard InChI is InChI=1S/C13H11N5/c1-9-4-2-3-5-10(9)12-16-13(18-17-12)11-6-7-14-8-15-11/h2-8H,1H3,(H,16,17,18). The van der Waals surface area contributed by atoms with Crippen LogP contribution in [0.2, 0.25) is 0 Å². The average Bonchev–Trinajstić information content (AvgIpc) is 2.90. The minimum atomic E-state index is 0.649. The number of nitrogens with one attached hydrogen (secondary N) is 1. The van der Waals surface area contributed by atoms with Crippen molar-refractivity contribution in [1.82, 2.24) is 25.1 Å². The highest BCUT2D eigenvalue weighted by Crippen LogP contribution is 2.21. The van der Waals surface area contributed by atoms with E-state index in [0.717, 1.165) is 16.8 Å². The lowest BCUT2D eigenvalue weighted by Crippen LogP contribution is -1.86. The molecule has 0 saturated heterocycles. The Morgan fingerprint density at radius 3 is 2.78 bits per heavy atom. The fourth-order valence-electron chi connectivity index (χ4n) is 1.75. The first-order valence-electron chi connectivity index (χ1n) is 5.59. The van der Waals surface area contributed by atoms with E-state index in [-0.39, 0.29) is 0 Å². The van der Waals surface area contributed by atoms with Gasteiger partial charge in [-0.05, 0) is 18.6 Å². The zero-order valence-electron chi connectivity index (χ0n) is 9.83. The summed E-state index contributed by atoms with van der Waals surface area (Å²) in [5.41, 5.74) is 2.90. The van der Waals surface area contributed by atoms with Gasteiger partial charge in [0.15, 0.2) is 11.6 Å². The molecule has 0 unspecified atom stereocenters. The van der Waals surface area contributed by atoms with Crippen LogP contribution in [-0.4, -0.2) is 25.1 Å². The second kappa shape index (κ2) is 4.37. The first kappa shape index (κ1) is 10.6. The number of hydrogen-bond donors (Lipinski definition) is 1. The highest BCUT2D eigenvalue weighted by atomic mass is 15.2. The molecule has 0 aliphatic heterocycles. The maximum absolute atomic E-state index is 4.45. The molecule has 0 atom stereocenters. The summed E-state index contributed by atoms with van der Waals surface area (Å²) < 4.78 is 0. The number of aromatic amines is 1. The molecule has 0 saturated carbocycles. The Bertz CT molecular complexity index is 660. The normalized spacial score (nSPS) is 10.5. The lowest BCUT2D eigenvalue weighted by Gasteiger charge is -1.98. The lowest BCUT2D eigenvalue weighted by atomic mass is 10.1. The monoisotopic (exact) mass is 237 g/mol. The minimum absolute atomic E-state index is 0.649. The smallest absolute Gasteiger partial charge is 0.181 e. The highest BCUT2D eigenvalue weighted by molar-refractivity contribution is 5.62. The molecule has 0 bridgehead atoms. The third-order valence-corrected chi connectivity index (χ3v) is 2.70. The highest BCUT2D eigenvalue weighted by Gasteiger charge is 2.09. The van der Waals surface area contributed by atoms with Crippen LogP contribution in [0.4, 0.5) is 0 Å². The van der Waals surface area contributed by atoms with Gasteiger partial charge < -0.3 is 0 Å². The van der Waals surface area contributed by atoms with E-state index in [1.807, 2.05) is 31.2 Å². The molecule has 0 amide bonds. The zero-order chi connectivity index (χ0) is 12.4. The van der Waals surface area contributed by atoms with Crippen LogP contribution >= 0.6 is 0 Å². The van der Waals surface area contributed by atoms with Gasteiger partial charge in [-0.1, -0.05) is 24.3 Å². The van der Waals surface area contributed by atoms with Gasteiger partial charge in [-0.15, -0.1) is 0 Å². The van der Waals surface area contributed by atoms with Gasteiger partial charge in [-0.25, -0.2) is 15.0 Å². The maximum atomic E-state index is 4.45. The molecule has 0 spiro atoms. The van der Waals surface area contributed by atoms with Crippen LogP contribution in [-0.2, 0) is 0 Å². The van der Waals surface area contributed by atoms with E-state index in [4.69, 9.17) is 0 Å². The van der Waals surface area contributed by atoms with Crippen molar-refractivity contribution in [2.45, 2.75) is 6.92 Å². The quantitative estimate of drug-likeness (QED) is 0.742. The summed E-state index contributed by atoms with van der Waals surface area (Å²) in [6.07, 6.45) is 3.17. The van der Waals surface area contributed by atoms with E-state index in [9.17, 15) is 0 Å². The van der Waals surface area contributed by atoms with Crippen LogP contribution < -0.4 is 0 Å². The number of aromatic nitrogens is 5. The van der Waals surface area contributed by atoms with Crippen LogP contribution in [0.5, 0.6) is 0 Å². The number of aryl methyl sites for hydroxylation is 1. The molecule has 0 radical (unpaired) electrons. The zero-order valence-corrected chi connectivity index (χ0v) is 9.83. The van der Waals surface area contributed by atoms with Crippen molar-refractivity contribution >= 4 is 0 Å². The molecule has 5 nitrogen and oxygen atoms in total. The molecule has 0 aliphatic carbocycles. The summed E-state index contributed by atoms with van der Waals surface area (Å²) in [6, 6.07) is 9.81. The molecule has 0 aliphatic rings. The van der Waals surface area contributed by atoms with Gasteiger partial charge >= 0.3 is 0 Å². The van der Waals surface area contributed by atoms with E-state index in [0.29, 0.717) is 11.6 Å². The number of H-pyrrole nitrogens is 1. The second-order valence-corrected chi connectivity index (χ2v) is 3.92. The van der Waals surface area contributed by atoms with Gasteiger partial charge in [0.1, 0.15) is 12.0 Å². The van der Waals surface area contributed by atoms with Crippen molar-refractivity contribution in [2.75, 3.05) is 0 Å². The first-order valence-corrected chi connectivity index (χ1v) is 5.59. The summed E-state index contributed by atoms with van der Waals surface area (Å²) in [7, 11) is 0. The molecular formula is C13H11N5. The summed E-state index contributed by atoms with van der Waals surface area (Å²) in [6.45, 7) is 2.04. The van der Waals surface area contributed by atoms with Gasteiger partial charge in [0.25, 0.3) is 0 Å². The molecule has 1 aromatic carbocycles. The average molecular weight is 237 g/mol. The number of rotatable bonds is 2. The van der Waals surface area contributed by atoms with Crippen molar-refractivity contribution < 1.29 is 0 Å². The number of nitrogens with zero attached hydrogens (tertiary/aromatic N) is 4. The van der Waals surface area contributed by atoms with E-state index >= 15 is 0 Å². The second-order valence-electron chi connectivity index (χ2n) is 3.92. The van der Waals surface area contributed by atoms with E-state index in [2.05, 4.69) is 25.1 Å². The van der Waals surface area contributed by atoms with Gasteiger partial charge in [-0.2, -0.15) is 5.10 Å². The minimum Gasteiger partial charge on any atom is -0.257 e. The van der Waals surface area contributed by atoms with E-state index < -0.39 is 0 Å². The molecule has 3 rings (SSSR count). The van der Waals surface area contributed by atoms with Crippen molar-refractivity contribution in [2.24, 2.45) is 0 Å². The Kier molecular flexibility index (Phi) is 2.57. The maximum Gasteiger partial charge on any atom is 0.181 e. The third kappa shape index (κ3) is 1.86. The molecule has 88 valence electrons. The Morgan fingerprint density at radius 1 is 1.11 bits per heavy atom. The van der Waals surface area contributed by atoms with Crippen molar-refractivity contribution in [3.63, 3.8) is 0 Å². The Labute approximate surface area is 104 Å². The summed E-state index contributed by atoms with van der Waals surface area (Å²) in [5.74, 6) is 1.33. The van der Waals surface area contributed by atoms with Crippen LogP contribution in [0.25, 0.3) is 22.9 Å². The molecule has 18 heavy (non-hydrogen) atoms. The van der Waals surface area contributed by atoms with Gasteiger partial charge in [0.05, 0.1) is 0 Å². The molecule has 5 heteroatoms. The molecule has 0 fully saturated rings. The summed E-state index contributed by atoms with van der Waals surface area (Å²) in [4.78, 5) is 12.5. The number of benzene rings is 1. The number of hydrogen-bond acceptors (Lipinski definition) is 4. The predicted octanol–water partition coefficient (Wildman–Crippen LogP) is 2.24. The topological polar surface area (TPSA) is 67.3 Å². The lowest BCUT2D eigenvalue weighted by molar-refractivity contribution is 1.08. The van der Waals surface area contributed by atoms with Crippen LogP contribution in [0, 0.1) is 6.92 Å². The molecule has 3 aromatic rings. The fraction of sp³-hybridized carbons (Fsp3) is 0.0769. The molecular weight excluding hydrogens is 226 g/mol. The third-order valence-electron chi connectivity index (χ3n) is 2.70. The Morgan fingerprint density at radius 2 is 2.00 bits per heavy atom. The van der Waals surface area contributed by atoms with E-state index in [1.165, 1.54) is 6.33 Å². The van der Waals surface area contributed by atoms with Crippen LogP contribution in [0.15, 0.2) is 42.9 Å². The van der Waals surface area contributed by atoms with Crippen molar-refractivity contribution in [3.8, 4) is 22.9 Å². The molecule has 1 N–H and O–H groups in total. The molecule has 2 heterocycles. The van der Waals surface area contributed by atoms with Gasteiger partial charge in [-0.3, -0.25) is 5.10 Å². The SMILES string of the molecule is Cc1ccccc1-c1n[nH]c(-c2ccncn2)n1. The summed E-state index contributed by atoms with van der Waals surface area (Å²) >= 11 is 0. The first-order chi connectivity index (χ1) is 8.84. The van der Waals surface area contributed by atoms with Crippen LogP contribution in [0.1, 0.15) is 5.56 Å². The van der Waals surface area contributed by atoms with Gasteiger partial charge in [0.2, 0.25) is 0 Å². The fourth-order valence-corrected chi connectivity index (χ4v) is 1.75. The van der Waals surface area contributed by atoms with Crippen molar-refractivity contribution in [3.05, 3.63) is 48.4 Å². The predicted molar refractivity (Wildman–Crippen MR) is 67.6 cm³/mol. The Hall–Kier alpha value is -2.56. The van der Waals surface area contributed by atoms with Gasteiger partial charge in [0, 0.05) is 11.8 Å².